The molecule has 3 N–H and O–H groups in total. The van der Waals surface area contributed by atoms with E-state index in [2.05, 4.69) is 10.6 Å². The van der Waals surface area contributed by atoms with Crippen molar-refractivity contribution in [2.75, 3.05) is 12.4 Å². The van der Waals surface area contributed by atoms with Crippen molar-refractivity contribution >= 4 is 40.2 Å². The van der Waals surface area contributed by atoms with Crippen molar-refractivity contribution in [3.63, 3.8) is 0 Å². The first-order valence-corrected chi connectivity index (χ1v) is 8.32. The van der Waals surface area contributed by atoms with Crippen molar-refractivity contribution in [3.8, 4) is 0 Å². The molecule has 0 spiro atoms. The second kappa shape index (κ2) is 8.30. The van der Waals surface area contributed by atoms with Crippen molar-refractivity contribution in [1.82, 2.24) is 10.6 Å². The Hall–Kier alpha value is -3.14. The highest BCUT2D eigenvalue weighted by atomic mass is 32.1. The van der Waals surface area contributed by atoms with Crippen LogP contribution >= 0.6 is 11.3 Å². The number of hydrogen-bond donors (Lipinski definition) is 3. The standard InChI is InChI=1S/C16H17N3O6S/c1-8-7-11(18-14(21)10-5-4-6-24-10)26-12(8)15(22)25-9(2)13(20)19-16(23)17-3/h4-7,9H,1-3H3,(H,18,21)(H2,17,19,20,23). The van der Waals surface area contributed by atoms with Gasteiger partial charge in [-0.1, -0.05) is 0 Å². The lowest BCUT2D eigenvalue weighted by Gasteiger charge is -2.12. The predicted octanol–water partition coefficient (Wildman–Crippen LogP) is 1.90. The Morgan fingerprint density at radius 1 is 1.27 bits per heavy atom. The molecule has 0 fully saturated rings. The maximum atomic E-state index is 12.2. The minimum atomic E-state index is -1.16. The third-order valence-corrected chi connectivity index (χ3v) is 4.33. The minimum Gasteiger partial charge on any atom is -0.459 e. The second-order valence-electron chi connectivity index (χ2n) is 5.17. The Morgan fingerprint density at radius 2 is 2.00 bits per heavy atom. The van der Waals surface area contributed by atoms with Gasteiger partial charge in [-0.2, -0.15) is 0 Å². The minimum absolute atomic E-state index is 0.139. The number of furan rings is 1. The zero-order valence-electron chi connectivity index (χ0n) is 14.2. The zero-order valence-corrected chi connectivity index (χ0v) is 15.1. The number of carbonyl (C=O) groups is 4. The maximum absolute atomic E-state index is 12.2. The van der Waals surface area contributed by atoms with Gasteiger partial charge in [0.05, 0.1) is 11.3 Å². The number of aryl methyl sites for hydroxylation is 1. The molecule has 2 rings (SSSR count). The number of nitrogens with one attached hydrogen (secondary N) is 3. The summed E-state index contributed by atoms with van der Waals surface area (Å²) in [4.78, 5) is 47.3. The highest BCUT2D eigenvalue weighted by molar-refractivity contribution is 7.18. The number of carbonyl (C=O) groups excluding carboxylic acids is 4. The van der Waals surface area contributed by atoms with E-state index in [-0.39, 0.29) is 10.6 Å². The van der Waals surface area contributed by atoms with Gasteiger partial charge in [-0.15, -0.1) is 11.3 Å². The first-order valence-electron chi connectivity index (χ1n) is 7.50. The Morgan fingerprint density at radius 3 is 2.62 bits per heavy atom. The van der Waals surface area contributed by atoms with E-state index in [0.29, 0.717) is 10.6 Å². The molecule has 0 saturated heterocycles. The van der Waals surface area contributed by atoms with Gasteiger partial charge in [0.1, 0.15) is 4.88 Å². The quantitative estimate of drug-likeness (QED) is 0.681. The molecule has 1 atom stereocenters. The topological polar surface area (TPSA) is 127 Å². The van der Waals surface area contributed by atoms with Crippen molar-refractivity contribution in [2.45, 2.75) is 20.0 Å². The SMILES string of the molecule is CNC(=O)NC(=O)C(C)OC(=O)c1sc(NC(=O)c2ccco2)cc1C. The average molecular weight is 379 g/mol. The van der Waals surface area contributed by atoms with Gasteiger partial charge in [-0.25, -0.2) is 9.59 Å². The molecular formula is C16H17N3O6S. The van der Waals surface area contributed by atoms with E-state index in [9.17, 15) is 19.2 Å². The predicted molar refractivity (Wildman–Crippen MR) is 93.2 cm³/mol. The number of rotatable bonds is 5. The van der Waals surface area contributed by atoms with E-state index in [1.54, 1.807) is 19.1 Å². The number of amides is 4. The van der Waals surface area contributed by atoms with Crippen LogP contribution in [0.3, 0.4) is 0 Å². The molecule has 0 aliphatic heterocycles. The number of anilines is 1. The van der Waals surface area contributed by atoms with Crippen LogP contribution in [-0.4, -0.2) is 37.0 Å². The van der Waals surface area contributed by atoms with Crippen LogP contribution in [0.2, 0.25) is 0 Å². The molecule has 0 aliphatic carbocycles. The van der Waals surface area contributed by atoms with Crippen molar-refractivity contribution in [3.05, 3.63) is 40.7 Å². The lowest BCUT2D eigenvalue weighted by molar-refractivity contribution is -0.127. The number of hydrogen-bond acceptors (Lipinski definition) is 7. The largest absolute Gasteiger partial charge is 0.459 e. The van der Waals surface area contributed by atoms with Crippen molar-refractivity contribution in [2.24, 2.45) is 0 Å². The van der Waals surface area contributed by atoms with E-state index < -0.39 is 29.9 Å². The third kappa shape index (κ3) is 4.70. The normalized spacial score (nSPS) is 11.3. The molecule has 9 nitrogen and oxygen atoms in total. The fourth-order valence-corrected chi connectivity index (χ4v) is 2.82. The van der Waals surface area contributed by atoms with Gasteiger partial charge in [0.15, 0.2) is 11.9 Å². The Balaban J connectivity index is 2.01. The van der Waals surface area contributed by atoms with Crippen LogP contribution in [0.4, 0.5) is 9.80 Å². The second-order valence-corrected chi connectivity index (χ2v) is 6.22. The summed E-state index contributed by atoms with van der Waals surface area (Å²) < 4.78 is 10.1. The highest BCUT2D eigenvalue weighted by Crippen LogP contribution is 2.28. The summed E-state index contributed by atoms with van der Waals surface area (Å²) >= 11 is 1.01. The van der Waals surface area contributed by atoms with Gasteiger partial charge in [0, 0.05) is 7.05 Å². The molecule has 2 aromatic heterocycles. The highest BCUT2D eigenvalue weighted by Gasteiger charge is 2.23. The summed E-state index contributed by atoms with van der Waals surface area (Å²) in [6.07, 6.45) is 0.213. The number of urea groups is 1. The number of esters is 1. The number of imide groups is 1. The van der Waals surface area contributed by atoms with Crippen LogP contribution in [-0.2, 0) is 9.53 Å². The summed E-state index contributed by atoms with van der Waals surface area (Å²) in [5.74, 6) is -1.79. The van der Waals surface area contributed by atoms with Gasteiger partial charge in [-0.3, -0.25) is 14.9 Å². The Labute approximate surface area is 152 Å². The van der Waals surface area contributed by atoms with Gasteiger partial charge >= 0.3 is 12.0 Å². The molecule has 10 heteroatoms. The first-order chi connectivity index (χ1) is 12.3. The molecule has 26 heavy (non-hydrogen) atoms. The van der Waals surface area contributed by atoms with E-state index in [1.165, 1.54) is 26.3 Å². The molecule has 2 heterocycles. The van der Waals surface area contributed by atoms with Gasteiger partial charge in [-0.05, 0) is 37.6 Å². The number of ether oxygens (including phenoxy) is 1. The smallest absolute Gasteiger partial charge is 0.349 e. The van der Waals surface area contributed by atoms with Gasteiger partial charge in [0.2, 0.25) is 0 Å². The van der Waals surface area contributed by atoms with Crippen molar-refractivity contribution < 1.29 is 28.3 Å². The molecule has 0 aromatic carbocycles. The summed E-state index contributed by atoms with van der Waals surface area (Å²) in [5, 5.41) is 7.28. The zero-order chi connectivity index (χ0) is 19.3. The monoisotopic (exact) mass is 379 g/mol. The summed E-state index contributed by atoms with van der Waals surface area (Å²) in [7, 11) is 1.35. The van der Waals surface area contributed by atoms with Gasteiger partial charge < -0.3 is 19.8 Å². The summed E-state index contributed by atoms with van der Waals surface area (Å²) in [6.45, 7) is 3.02. The fourth-order valence-electron chi connectivity index (χ4n) is 1.87. The van der Waals surface area contributed by atoms with Crippen molar-refractivity contribution in [1.29, 1.82) is 0 Å². The Kier molecular flexibility index (Phi) is 6.12. The average Bonchev–Trinajstić information content (AvgIpc) is 3.24. The van der Waals surface area contributed by atoms with Crippen LogP contribution in [0.25, 0.3) is 0 Å². The molecule has 0 saturated carbocycles. The van der Waals surface area contributed by atoms with E-state index in [0.717, 1.165) is 11.3 Å². The Bertz CT molecular complexity index is 827. The van der Waals surface area contributed by atoms with Crippen LogP contribution in [0.5, 0.6) is 0 Å². The van der Waals surface area contributed by atoms with E-state index >= 15 is 0 Å². The first kappa shape index (κ1) is 19.2. The van der Waals surface area contributed by atoms with E-state index in [4.69, 9.17) is 9.15 Å². The molecule has 0 aliphatic rings. The molecule has 1 unspecified atom stereocenters. The summed E-state index contributed by atoms with van der Waals surface area (Å²) in [5.41, 5.74) is 0.577. The fraction of sp³-hybridized carbons (Fsp3) is 0.250. The molecule has 0 bridgehead atoms. The number of thiophene rings is 1. The maximum Gasteiger partial charge on any atom is 0.349 e. The molecule has 2 aromatic rings. The van der Waals surface area contributed by atoms with Crippen LogP contribution in [0.1, 0.15) is 32.7 Å². The molecule has 138 valence electrons. The van der Waals surface area contributed by atoms with Crippen LogP contribution in [0.15, 0.2) is 28.9 Å². The van der Waals surface area contributed by atoms with E-state index in [1.807, 2.05) is 5.32 Å². The summed E-state index contributed by atoms with van der Waals surface area (Å²) in [6, 6.07) is 4.01. The van der Waals surface area contributed by atoms with Crippen LogP contribution < -0.4 is 16.0 Å². The lowest BCUT2D eigenvalue weighted by Crippen LogP contribution is -2.43. The molecule has 4 amide bonds. The third-order valence-electron chi connectivity index (χ3n) is 3.20. The molecular weight excluding hydrogens is 362 g/mol. The van der Waals surface area contributed by atoms with Gasteiger partial charge in [0.25, 0.3) is 11.8 Å². The molecule has 0 radical (unpaired) electrons. The van der Waals surface area contributed by atoms with Crippen LogP contribution in [0, 0.1) is 6.92 Å². The lowest BCUT2D eigenvalue weighted by atomic mass is 10.3.